The molecule has 4 rings (SSSR count). The summed E-state index contributed by atoms with van der Waals surface area (Å²) < 4.78 is 0. The first-order valence-corrected chi connectivity index (χ1v) is 13.8. The molecule has 184 valence electrons. The van der Waals surface area contributed by atoms with Gasteiger partial charge in [0.05, 0.1) is 12.2 Å². The van der Waals surface area contributed by atoms with Gasteiger partial charge in [0.2, 0.25) is 0 Å². The molecule has 0 heterocycles. The molecule has 4 aliphatic carbocycles. The van der Waals surface area contributed by atoms with Gasteiger partial charge in [0.25, 0.3) is 0 Å². The van der Waals surface area contributed by atoms with Gasteiger partial charge < -0.3 is 15.3 Å². The van der Waals surface area contributed by atoms with Crippen molar-refractivity contribution in [1.82, 2.24) is 0 Å². The Balaban J connectivity index is 1.39. The monoisotopic (exact) mass is 448 g/mol. The fraction of sp³-hybridized carbons (Fsp3) is 0.964. The summed E-state index contributed by atoms with van der Waals surface area (Å²) in [6.07, 6.45) is 14.5. The Kier molecular flexibility index (Phi) is 7.33. The van der Waals surface area contributed by atoms with Crippen LogP contribution in [0.15, 0.2) is 0 Å². The summed E-state index contributed by atoms with van der Waals surface area (Å²) in [4.78, 5) is 10.7. The third-order valence-electron chi connectivity index (χ3n) is 11.3. The highest BCUT2D eigenvalue weighted by molar-refractivity contribution is 5.66. The predicted octanol–water partition coefficient (Wildman–Crippen LogP) is 6.04. The Morgan fingerprint density at radius 3 is 2.44 bits per heavy atom. The second kappa shape index (κ2) is 9.56. The van der Waals surface area contributed by atoms with Crippen molar-refractivity contribution in [3.8, 4) is 0 Å². The van der Waals surface area contributed by atoms with Gasteiger partial charge in [-0.25, -0.2) is 0 Å². The quantitative estimate of drug-likeness (QED) is 0.396. The Morgan fingerprint density at radius 1 is 0.938 bits per heavy atom. The highest BCUT2D eigenvalue weighted by Gasteiger charge is 2.63. The number of hydrogen-bond donors (Lipinski definition) is 3. The van der Waals surface area contributed by atoms with Crippen LogP contribution in [0.5, 0.6) is 0 Å². The lowest BCUT2D eigenvalue weighted by molar-refractivity contribution is -0.174. The number of carbonyl (C=O) groups is 1. The molecule has 0 aromatic carbocycles. The lowest BCUT2D eigenvalue weighted by atomic mass is 9.43. The third-order valence-corrected chi connectivity index (χ3v) is 11.3. The lowest BCUT2D eigenvalue weighted by Crippen LogP contribution is -2.58. The van der Waals surface area contributed by atoms with Crippen molar-refractivity contribution in [2.24, 2.45) is 46.3 Å². The summed E-state index contributed by atoms with van der Waals surface area (Å²) in [5.74, 6) is 3.25. The van der Waals surface area contributed by atoms with Gasteiger partial charge in [-0.2, -0.15) is 0 Å². The van der Waals surface area contributed by atoms with E-state index in [1.54, 1.807) is 0 Å². The van der Waals surface area contributed by atoms with E-state index < -0.39 is 5.97 Å². The summed E-state index contributed by atoms with van der Waals surface area (Å²) in [6, 6.07) is 0. The van der Waals surface area contributed by atoms with Gasteiger partial charge >= 0.3 is 5.97 Å². The van der Waals surface area contributed by atoms with Crippen LogP contribution in [0.2, 0.25) is 0 Å². The zero-order valence-electron chi connectivity index (χ0n) is 20.8. The predicted molar refractivity (Wildman–Crippen MR) is 127 cm³/mol. The van der Waals surface area contributed by atoms with Crippen LogP contribution in [0.3, 0.4) is 0 Å². The molecule has 0 amide bonds. The highest BCUT2D eigenvalue weighted by atomic mass is 16.4. The van der Waals surface area contributed by atoms with Gasteiger partial charge in [0.1, 0.15) is 0 Å². The van der Waals surface area contributed by atoms with Crippen molar-refractivity contribution in [2.45, 2.75) is 123 Å². The Hall–Kier alpha value is -0.610. The van der Waals surface area contributed by atoms with E-state index in [1.165, 1.54) is 38.5 Å². The normalized spacial score (nSPS) is 46.7. The van der Waals surface area contributed by atoms with Crippen molar-refractivity contribution in [3.05, 3.63) is 0 Å². The largest absolute Gasteiger partial charge is 0.481 e. The van der Waals surface area contributed by atoms with E-state index in [4.69, 9.17) is 5.11 Å². The number of unbranched alkanes of at least 4 members (excludes halogenated alkanes) is 3. The van der Waals surface area contributed by atoms with Crippen molar-refractivity contribution in [1.29, 1.82) is 0 Å². The van der Waals surface area contributed by atoms with Crippen molar-refractivity contribution in [3.63, 3.8) is 0 Å². The molecule has 0 radical (unpaired) electrons. The van der Waals surface area contributed by atoms with E-state index >= 15 is 0 Å². The molecule has 0 aromatic heterocycles. The van der Waals surface area contributed by atoms with Crippen LogP contribution in [-0.2, 0) is 4.79 Å². The van der Waals surface area contributed by atoms with E-state index in [1.807, 2.05) is 0 Å². The van der Waals surface area contributed by atoms with Gasteiger partial charge in [-0.3, -0.25) is 4.79 Å². The third kappa shape index (κ3) is 4.28. The standard InChI is InChI=1S/C28H48O4/c1-18(8-6-4-5-7-9-26(31)32)22-12-13-23-21-11-10-19-16-20(29)14-15-27(19,2)24(21)17-25(30)28(22,23)3/h18-25,29-30H,4-17H2,1-3H3,(H,31,32)/t18?,19-,20-,21+,22-,23+,24+,25+,27+,28-/m1/s1. The molecule has 0 aromatic rings. The Morgan fingerprint density at radius 2 is 1.69 bits per heavy atom. The van der Waals surface area contributed by atoms with Gasteiger partial charge in [-0.05, 0) is 104 Å². The first-order chi connectivity index (χ1) is 15.2. The van der Waals surface area contributed by atoms with Crippen molar-refractivity contribution in [2.75, 3.05) is 0 Å². The summed E-state index contributed by atoms with van der Waals surface area (Å²) in [7, 11) is 0. The zero-order valence-corrected chi connectivity index (χ0v) is 20.8. The van der Waals surface area contributed by atoms with E-state index in [0.717, 1.165) is 50.9 Å². The van der Waals surface area contributed by atoms with E-state index in [9.17, 15) is 15.0 Å². The van der Waals surface area contributed by atoms with Crippen LogP contribution in [0, 0.1) is 46.3 Å². The minimum Gasteiger partial charge on any atom is -0.481 e. The van der Waals surface area contributed by atoms with Crippen LogP contribution in [0.25, 0.3) is 0 Å². The van der Waals surface area contributed by atoms with Crippen molar-refractivity contribution >= 4 is 5.97 Å². The SMILES string of the molecule is CC(CCCCCCC(=O)O)[C@H]1CC[C@H]2[C@@H]3CC[C@@H]4C[C@H](O)CC[C@]4(C)[C@H]3C[C@H](O)[C@]12C. The maximum absolute atomic E-state index is 11.6. The van der Waals surface area contributed by atoms with Crippen LogP contribution in [-0.4, -0.2) is 33.5 Å². The number of aliphatic hydroxyl groups is 2. The first kappa shape index (κ1) is 24.5. The van der Waals surface area contributed by atoms with E-state index in [0.29, 0.717) is 41.4 Å². The number of carboxylic acid groups (broad SMARTS) is 1. The maximum Gasteiger partial charge on any atom is 0.303 e. The molecule has 0 aliphatic heterocycles. The molecule has 4 saturated carbocycles. The number of hydrogen-bond acceptors (Lipinski definition) is 3. The number of aliphatic carboxylic acids is 1. The van der Waals surface area contributed by atoms with E-state index in [-0.39, 0.29) is 17.6 Å². The number of rotatable bonds is 8. The van der Waals surface area contributed by atoms with Gasteiger partial charge in [0.15, 0.2) is 0 Å². The smallest absolute Gasteiger partial charge is 0.303 e. The average Bonchev–Trinajstić information content (AvgIpc) is 3.10. The average molecular weight is 449 g/mol. The van der Waals surface area contributed by atoms with Crippen LogP contribution < -0.4 is 0 Å². The lowest BCUT2D eigenvalue weighted by Gasteiger charge is -2.62. The summed E-state index contributed by atoms with van der Waals surface area (Å²) in [5, 5.41) is 30.7. The molecule has 0 saturated heterocycles. The number of carboxylic acids is 1. The summed E-state index contributed by atoms with van der Waals surface area (Å²) in [6.45, 7) is 7.34. The van der Waals surface area contributed by atoms with Crippen molar-refractivity contribution < 1.29 is 20.1 Å². The zero-order chi connectivity index (χ0) is 23.1. The molecule has 4 nitrogen and oxygen atoms in total. The highest BCUT2D eigenvalue weighted by Crippen LogP contribution is 2.68. The molecule has 4 fully saturated rings. The summed E-state index contributed by atoms with van der Waals surface area (Å²) >= 11 is 0. The summed E-state index contributed by atoms with van der Waals surface area (Å²) in [5.41, 5.74) is 0.366. The Labute approximate surface area is 195 Å². The van der Waals surface area contributed by atoms with Crippen LogP contribution in [0.4, 0.5) is 0 Å². The maximum atomic E-state index is 11.6. The molecular formula is C28H48O4. The second-order valence-corrected chi connectivity index (χ2v) is 12.7. The van der Waals surface area contributed by atoms with Gasteiger partial charge in [-0.1, -0.05) is 46.5 Å². The second-order valence-electron chi connectivity index (χ2n) is 12.7. The van der Waals surface area contributed by atoms with Crippen LogP contribution >= 0.6 is 0 Å². The topological polar surface area (TPSA) is 77.8 Å². The first-order valence-electron chi connectivity index (χ1n) is 13.8. The molecular weight excluding hydrogens is 400 g/mol. The molecule has 4 heteroatoms. The molecule has 32 heavy (non-hydrogen) atoms. The molecule has 3 N–H and O–H groups in total. The number of aliphatic hydroxyl groups excluding tert-OH is 2. The Bertz CT molecular complexity index is 664. The fourth-order valence-electron chi connectivity index (χ4n) is 9.46. The van der Waals surface area contributed by atoms with Gasteiger partial charge in [-0.15, -0.1) is 0 Å². The van der Waals surface area contributed by atoms with Gasteiger partial charge in [0, 0.05) is 6.42 Å². The molecule has 10 atom stereocenters. The minimum atomic E-state index is -0.680. The minimum absolute atomic E-state index is 0.0568. The fourth-order valence-corrected chi connectivity index (χ4v) is 9.46. The molecule has 4 aliphatic rings. The molecule has 0 bridgehead atoms. The van der Waals surface area contributed by atoms with E-state index in [2.05, 4.69) is 20.8 Å². The molecule has 1 unspecified atom stereocenters. The van der Waals surface area contributed by atoms with Crippen LogP contribution in [0.1, 0.15) is 111 Å². The molecule has 0 spiro atoms. The number of fused-ring (bicyclic) bond motifs is 5.